The van der Waals surface area contributed by atoms with Crippen molar-refractivity contribution >= 4 is 22.6 Å². The number of hydrogen-bond acceptors (Lipinski definition) is 4. The summed E-state index contributed by atoms with van der Waals surface area (Å²) in [7, 11) is 0. The summed E-state index contributed by atoms with van der Waals surface area (Å²) in [6.07, 6.45) is 4.07. The first-order chi connectivity index (χ1) is 12.1. The van der Waals surface area contributed by atoms with E-state index in [1.54, 1.807) is 18.3 Å². The maximum atomic E-state index is 13.2. The van der Waals surface area contributed by atoms with E-state index in [4.69, 9.17) is 0 Å². The van der Waals surface area contributed by atoms with Crippen LogP contribution in [0.15, 0.2) is 36.7 Å². The molecule has 0 unspecified atom stereocenters. The van der Waals surface area contributed by atoms with Gasteiger partial charge in [-0.25, -0.2) is 13.9 Å². The Balaban J connectivity index is 1.45. The fourth-order valence-electron chi connectivity index (χ4n) is 2.76. The van der Waals surface area contributed by atoms with Gasteiger partial charge in [-0.15, -0.1) is 5.10 Å². The van der Waals surface area contributed by atoms with Crippen LogP contribution in [0.1, 0.15) is 21.9 Å². The lowest BCUT2D eigenvalue weighted by molar-refractivity contribution is 0.0944. The van der Waals surface area contributed by atoms with Gasteiger partial charge in [0, 0.05) is 35.5 Å². The number of aromatic amines is 1. The van der Waals surface area contributed by atoms with E-state index < -0.39 is 0 Å². The van der Waals surface area contributed by atoms with Crippen LogP contribution in [0, 0.1) is 12.7 Å². The maximum Gasteiger partial charge on any atom is 0.291 e. The molecule has 0 saturated carbocycles. The first-order valence-electron chi connectivity index (χ1n) is 7.84. The molecule has 3 aromatic heterocycles. The molecule has 8 heteroatoms. The number of carbonyl (C=O) groups is 1. The van der Waals surface area contributed by atoms with Crippen molar-refractivity contribution in [3.8, 4) is 0 Å². The largest absolute Gasteiger partial charge is 0.361 e. The monoisotopic (exact) mass is 338 g/mol. The third kappa shape index (κ3) is 2.82. The predicted octanol–water partition coefficient (Wildman–Crippen LogP) is 2.03. The smallest absolute Gasteiger partial charge is 0.291 e. The van der Waals surface area contributed by atoms with Gasteiger partial charge in [-0.05, 0) is 43.2 Å². The molecular formula is C17H15FN6O. The van der Waals surface area contributed by atoms with Crippen molar-refractivity contribution in [3.63, 3.8) is 0 Å². The number of hydrogen-bond donors (Lipinski definition) is 2. The molecule has 0 fully saturated rings. The van der Waals surface area contributed by atoms with E-state index in [-0.39, 0.29) is 17.5 Å². The number of amides is 1. The molecule has 1 amide bonds. The molecule has 0 atom stereocenters. The van der Waals surface area contributed by atoms with Crippen molar-refractivity contribution in [2.75, 3.05) is 6.54 Å². The first kappa shape index (κ1) is 15.3. The molecule has 0 aliphatic rings. The zero-order valence-corrected chi connectivity index (χ0v) is 13.5. The molecule has 126 valence electrons. The van der Waals surface area contributed by atoms with Gasteiger partial charge in [0.1, 0.15) is 5.82 Å². The van der Waals surface area contributed by atoms with Crippen LogP contribution in [0.4, 0.5) is 4.39 Å². The molecule has 4 rings (SSSR count). The van der Waals surface area contributed by atoms with Crippen molar-refractivity contribution in [1.29, 1.82) is 0 Å². The molecule has 0 aliphatic heterocycles. The van der Waals surface area contributed by atoms with E-state index >= 15 is 0 Å². The number of aromatic nitrogens is 5. The van der Waals surface area contributed by atoms with Crippen molar-refractivity contribution in [1.82, 2.24) is 29.9 Å². The third-order valence-corrected chi connectivity index (χ3v) is 4.04. The Morgan fingerprint density at radius 1 is 1.36 bits per heavy atom. The van der Waals surface area contributed by atoms with Gasteiger partial charge in [-0.3, -0.25) is 4.79 Å². The van der Waals surface area contributed by atoms with E-state index in [1.807, 2.05) is 13.1 Å². The summed E-state index contributed by atoms with van der Waals surface area (Å²) in [6, 6.07) is 6.40. The van der Waals surface area contributed by atoms with Crippen molar-refractivity contribution in [2.24, 2.45) is 0 Å². The number of nitrogens with one attached hydrogen (secondary N) is 2. The molecule has 3 heterocycles. The summed E-state index contributed by atoms with van der Waals surface area (Å²) in [4.78, 5) is 23.5. The van der Waals surface area contributed by atoms with Crippen LogP contribution in [0.3, 0.4) is 0 Å². The molecule has 7 nitrogen and oxygen atoms in total. The van der Waals surface area contributed by atoms with E-state index in [0.717, 1.165) is 22.2 Å². The summed E-state index contributed by atoms with van der Waals surface area (Å²) in [5, 5.41) is 7.92. The van der Waals surface area contributed by atoms with Gasteiger partial charge in [-0.2, -0.15) is 4.98 Å². The molecule has 0 aliphatic carbocycles. The first-order valence-corrected chi connectivity index (χ1v) is 7.84. The lowest BCUT2D eigenvalue weighted by atomic mass is 10.1. The highest BCUT2D eigenvalue weighted by Crippen LogP contribution is 2.19. The molecule has 0 saturated heterocycles. The number of rotatable bonds is 4. The molecule has 0 radical (unpaired) electrons. The average Bonchev–Trinajstić information content (AvgIpc) is 3.20. The molecule has 4 aromatic rings. The van der Waals surface area contributed by atoms with Gasteiger partial charge in [0.25, 0.3) is 11.7 Å². The topological polar surface area (TPSA) is 88.0 Å². The Kier molecular flexibility index (Phi) is 3.64. The number of halogens is 1. The van der Waals surface area contributed by atoms with Crippen LogP contribution in [-0.2, 0) is 6.42 Å². The standard InChI is InChI=1S/C17H15FN6O/c1-10-4-6-20-17-22-15(23-24(10)17)16(25)19-7-5-11-9-21-14-8-12(18)2-3-13(11)14/h2-4,6,8-9,21H,5,7H2,1H3,(H,19,25). The Morgan fingerprint density at radius 2 is 2.24 bits per heavy atom. The van der Waals surface area contributed by atoms with Crippen LogP contribution in [0.25, 0.3) is 16.7 Å². The second-order valence-electron chi connectivity index (χ2n) is 5.74. The van der Waals surface area contributed by atoms with Crippen molar-refractivity contribution in [2.45, 2.75) is 13.3 Å². The van der Waals surface area contributed by atoms with E-state index in [0.29, 0.717) is 18.7 Å². The van der Waals surface area contributed by atoms with E-state index in [1.165, 1.54) is 16.6 Å². The number of nitrogens with zero attached hydrogens (tertiary/aromatic N) is 4. The zero-order chi connectivity index (χ0) is 17.4. The molecule has 25 heavy (non-hydrogen) atoms. The number of carbonyl (C=O) groups excluding carboxylic acids is 1. The number of aryl methyl sites for hydroxylation is 1. The van der Waals surface area contributed by atoms with Gasteiger partial charge in [0.15, 0.2) is 0 Å². The van der Waals surface area contributed by atoms with Crippen molar-refractivity contribution < 1.29 is 9.18 Å². The van der Waals surface area contributed by atoms with Crippen LogP contribution in [0.2, 0.25) is 0 Å². The van der Waals surface area contributed by atoms with E-state index in [2.05, 4.69) is 25.4 Å². The quantitative estimate of drug-likeness (QED) is 0.596. The lowest BCUT2D eigenvalue weighted by Crippen LogP contribution is -2.26. The molecular weight excluding hydrogens is 323 g/mol. The normalized spacial score (nSPS) is 11.3. The SMILES string of the molecule is Cc1ccnc2nc(C(=O)NCCc3c[nH]c4cc(F)ccc34)nn12. The van der Waals surface area contributed by atoms with Crippen LogP contribution in [-0.4, -0.2) is 37.0 Å². The maximum absolute atomic E-state index is 13.2. The third-order valence-electron chi connectivity index (χ3n) is 4.04. The fourth-order valence-corrected chi connectivity index (χ4v) is 2.76. The minimum absolute atomic E-state index is 0.0859. The van der Waals surface area contributed by atoms with Crippen molar-refractivity contribution in [3.05, 3.63) is 59.6 Å². The number of benzene rings is 1. The Bertz CT molecular complexity index is 1080. The van der Waals surface area contributed by atoms with Gasteiger partial charge < -0.3 is 10.3 Å². The highest BCUT2D eigenvalue weighted by molar-refractivity contribution is 5.90. The summed E-state index contributed by atoms with van der Waals surface area (Å²) >= 11 is 0. The lowest BCUT2D eigenvalue weighted by Gasteiger charge is -2.02. The van der Waals surface area contributed by atoms with Crippen LogP contribution < -0.4 is 5.32 Å². The highest BCUT2D eigenvalue weighted by atomic mass is 19.1. The fraction of sp³-hybridized carbons (Fsp3) is 0.176. The summed E-state index contributed by atoms with van der Waals surface area (Å²) in [5.74, 6) is -0.154. The Hall–Kier alpha value is -3.29. The average molecular weight is 338 g/mol. The predicted molar refractivity (Wildman–Crippen MR) is 89.8 cm³/mol. The highest BCUT2D eigenvalue weighted by Gasteiger charge is 2.14. The molecule has 2 N–H and O–H groups in total. The second kappa shape index (κ2) is 5.97. The summed E-state index contributed by atoms with van der Waals surface area (Å²) in [6.45, 7) is 2.29. The van der Waals surface area contributed by atoms with Gasteiger partial charge in [0.05, 0.1) is 0 Å². The van der Waals surface area contributed by atoms with E-state index in [9.17, 15) is 9.18 Å². The molecule has 0 spiro atoms. The van der Waals surface area contributed by atoms with Crippen LogP contribution in [0.5, 0.6) is 0 Å². The minimum atomic E-state index is -0.351. The minimum Gasteiger partial charge on any atom is -0.361 e. The van der Waals surface area contributed by atoms with Gasteiger partial charge >= 0.3 is 0 Å². The zero-order valence-electron chi connectivity index (χ0n) is 13.5. The number of H-pyrrole nitrogens is 1. The van der Waals surface area contributed by atoms with Gasteiger partial charge in [0.2, 0.25) is 5.82 Å². The van der Waals surface area contributed by atoms with Gasteiger partial charge in [-0.1, -0.05) is 0 Å². The molecule has 0 bridgehead atoms. The van der Waals surface area contributed by atoms with Crippen LogP contribution >= 0.6 is 0 Å². The molecule has 1 aromatic carbocycles. The second-order valence-corrected chi connectivity index (χ2v) is 5.74. The number of fused-ring (bicyclic) bond motifs is 2. The summed E-state index contributed by atoms with van der Waals surface area (Å²) < 4.78 is 14.7. The Labute approximate surface area is 141 Å². The summed E-state index contributed by atoms with van der Waals surface area (Å²) in [5.41, 5.74) is 2.60. The Morgan fingerprint density at radius 3 is 3.08 bits per heavy atom.